The van der Waals surface area contributed by atoms with Crippen molar-refractivity contribution < 1.29 is 14.6 Å². The van der Waals surface area contributed by atoms with Gasteiger partial charge in [0, 0.05) is 19.1 Å². The van der Waals surface area contributed by atoms with Gasteiger partial charge in [-0.05, 0) is 20.5 Å². The predicted molar refractivity (Wildman–Crippen MR) is 73.7 cm³/mol. The summed E-state index contributed by atoms with van der Waals surface area (Å²) in [7, 11) is 5.28. The Hall–Kier alpha value is -1.73. The molecule has 2 heterocycles. The van der Waals surface area contributed by atoms with Crippen LogP contribution in [0.15, 0.2) is 12.4 Å². The van der Waals surface area contributed by atoms with Crippen molar-refractivity contribution in [3.05, 3.63) is 18.1 Å². The van der Waals surface area contributed by atoms with Gasteiger partial charge >= 0.3 is 5.97 Å². The van der Waals surface area contributed by atoms with E-state index in [0.717, 1.165) is 6.54 Å². The third-order valence-corrected chi connectivity index (χ3v) is 3.28. The Morgan fingerprint density at radius 2 is 2.30 bits per heavy atom. The summed E-state index contributed by atoms with van der Waals surface area (Å²) in [4.78, 5) is 23.9. The molecule has 0 spiro atoms. The molecule has 0 radical (unpaired) electrons. The Kier molecular flexibility index (Phi) is 4.51. The van der Waals surface area contributed by atoms with Gasteiger partial charge in [0.1, 0.15) is 5.82 Å². The molecule has 1 fully saturated rings. The van der Waals surface area contributed by atoms with Gasteiger partial charge in [0.2, 0.25) is 0 Å². The summed E-state index contributed by atoms with van der Waals surface area (Å²) in [5.41, 5.74) is 0.176. The number of carbonyl (C=O) groups excluding carboxylic acids is 1. The molecule has 1 aromatic rings. The molecule has 110 valence electrons. The van der Waals surface area contributed by atoms with Crippen molar-refractivity contribution in [1.82, 2.24) is 14.9 Å². The number of β-amino-alcohol motifs (C(OH)–C–C–N with tert-alkyl or cyclic N) is 1. The molecule has 0 aliphatic carbocycles. The molecule has 0 saturated carbocycles. The lowest BCUT2D eigenvalue weighted by molar-refractivity contribution is 0.0593. The van der Waals surface area contributed by atoms with Crippen molar-refractivity contribution >= 4 is 11.8 Å². The average Bonchev–Trinajstić information content (AvgIpc) is 2.78. The van der Waals surface area contributed by atoms with E-state index in [4.69, 9.17) is 0 Å². The second-order valence-electron chi connectivity index (χ2n) is 5.21. The number of likely N-dealkylation sites (N-methyl/N-ethyl adjacent to an activating group) is 1. The number of rotatable bonds is 4. The molecular weight excluding hydrogens is 260 g/mol. The van der Waals surface area contributed by atoms with E-state index < -0.39 is 5.97 Å². The first-order valence-electron chi connectivity index (χ1n) is 6.51. The highest BCUT2D eigenvalue weighted by Crippen LogP contribution is 2.24. The minimum Gasteiger partial charge on any atom is -0.464 e. The summed E-state index contributed by atoms with van der Waals surface area (Å²) in [5.74, 6) is 0.0829. The molecule has 0 aromatic carbocycles. The highest BCUT2D eigenvalue weighted by Gasteiger charge is 2.32. The van der Waals surface area contributed by atoms with Crippen LogP contribution in [-0.2, 0) is 4.74 Å². The van der Waals surface area contributed by atoms with Crippen molar-refractivity contribution in [2.75, 3.05) is 39.2 Å². The highest BCUT2D eigenvalue weighted by molar-refractivity contribution is 5.87. The van der Waals surface area contributed by atoms with E-state index in [0.29, 0.717) is 18.8 Å². The molecule has 1 aromatic heterocycles. The monoisotopic (exact) mass is 280 g/mol. The molecule has 1 N–H and O–H groups in total. The predicted octanol–water partition coefficient (Wildman–Crippen LogP) is -0.236. The number of esters is 1. The quantitative estimate of drug-likeness (QED) is 0.763. The summed E-state index contributed by atoms with van der Waals surface area (Å²) in [6.45, 7) is 1.30. The normalized spacial score (nSPS) is 22.4. The summed E-state index contributed by atoms with van der Waals surface area (Å²) in [6.07, 6.45) is 3.28. The zero-order valence-electron chi connectivity index (χ0n) is 12.0. The number of anilines is 1. The zero-order valence-corrected chi connectivity index (χ0v) is 12.0. The first-order valence-corrected chi connectivity index (χ1v) is 6.51. The molecule has 1 aliphatic heterocycles. The van der Waals surface area contributed by atoms with Crippen LogP contribution in [-0.4, -0.2) is 72.4 Å². The average molecular weight is 280 g/mol. The van der Waals surface area contributed by atoms with Gasteiger partial charge in [0.05, 0.1) is 25.6 Å². The molecule has 7 heteroatoms. The molecule has 0 amide bonds. The van der Waals surface area contributed by atoms with Crippen LogP contribution in [0.4, 0.5) is 5.82 Å². The molecule has 1 aliphatic rings. The van der Waals surface area contributed by atoms with E-state index in [1.54, 1.807) is 6.20 Å². The van der Waals surface area contributed by atoms with Gasteiger partial charge in [0.25, 0.3) is 0 Å². The van der Waals surface area contributed by atoms with Crippen LogP contribution in [0.3, 0.4) is 0 Å². The number of nitrogens with zero attached hydrogens (tertiary/aromatic N) is 4. The largest absolute Gasteiger partial charge is 0.464 e. The Balaban J connectivity index is 2.22. The van der Waals surface area contributed by atoms with Gasteiger partial charge in [-0.3, -0.25) is 4.98 Å². The number of aliphatic hydroxyl groups is 1. The molecule has 20 heavy (non-hydrogen) atoms. The van der Waals surface area contributed by atoms with Crippen molar-refractivity contribution in [3.63, 3.8) is 0 Å². The molecular formula is C13H20N4O3. The number of hydrogen-bond acceptors (Lipinski definition) is 7. The number of aromatic nitrogens is 2. The Labute approximate surface area is 118 Å². The minimum absolute atomic E-state index is 0.155. The van der Waals surface area contributed by atoms with E-state index in [1.807, 2.05) is 19.0 Å². The molecule has 2 unspecified atom stereocenters. The Morgan fingerprint density at radius 3 is 2.95 bits per heavy atom. The van der Waals surface area contributed by atoms with Crippen LogP contribution in [0, 0.1) is 0 Å². The SMILES string of the molecule is COC(=O)c1cncc(N2CC(O)CC2CN(C)C)n1. The van der Waals surface area contributed by atoms with Gasteiger partial charge in [-0.25, -0.2) is 9.78 Å². The minimum atomic E-state index is -0.511. The number of hydrogen-bond donors (Lipinski definition) is 1. The topological polar surface area (TPSA) is 78.8 Å². The van der Waals surface area contributed by atoms with Crippen LogP contribution in [0.2, 0.25) is 0 Å². The molecule has 2 rings (SSSR count). The number of ether oxygens (including phenoxy) is 1. The van der Waals surface area contributed by atoms with Gasteiger partial charge in [-0.2, -0.15) is 0 Å². The lowest BCUT2D eigenvalue weighted by Crippen LogP contribution is -2.38. The summed E-state index contributed by atoms with van der Waals surface area (Å²) in [5, 5.41) is 9.87. The summed E-state index contributed by atoms with van der Waals surface area (Å²) < 4.78 is 4.65. The van der Waals surface area contributed by atoms with Crippen molar-refractivity contribution in [2.45, 2.75) is 18.6 Å². The second-order valence-corrected chi connectivity index (χ2v) is 5.21. The standard InChI is InChI=1S/C13H20N4O3/c1-16(2)7-9-4-10(18)8-17(9)12-6-14-5-11(15-12)13(19)20-3/h5-6,9-10,18H,4,7-8H2,1-3H3. The van der Waals surface area contributed by atoms with Crippen LogP contribution >= 0.6 is 0 Å². The third-order valence-electron chi connectivity index (χ3n) is 3.28. The summed E-state index contributed by atoms with van der Waals surface area (Å²) >= 11 is 0. The summed E-state index contributed by atoms with van der Waals surface area (Å²) in [6, 6.07) is 0.155. The van der Waals surface area contributed by atoms with Crippen molar-refractivity contribution in [1.29, 1.82) is 0 Å². The molecule has 0 bridgehead atoms. The maximum Gasteiger partial charge on any atom is 0.358 e. The highest BCUT2D eigenvalue weighted by atomic mass is 16.5. The van der Waals surface area contributed by atoms with Crippen molar-refractivity contribution in [3.8, 4) is 0 Å². The van der Waals surface area contributed by atoms with E-state index in [-0.39, 0.29) is 17.8 Å². The fraction of sp³-hybridized carbons (Fsp3) is 0.615. The first kappa shape index (κ1) is 14.7. The van der Waals surface area contributed by atoms with Crippen LogP contribution in [0.25, 0.3) is 0 Å². The number of aliphatic hydroxyl groups excluding tert-OH is 1. The van der Waals surface area contributed by atoms with E-state index in [9.17, 15) is 9.90 Å². The Morgan fingerprint density at radius 1 is 1.55 bits per heavy atom. The molecule has 7 nitrogen and oxygen atoms in total. The Bertz CT molecular complexity index is 480. The van der Waals surface area contributed by atoms with Gasteiger partial charge in [-0.15, -0.1) is 0 Å². The van der Waals surface area contributed by atoms with Crippen molar-refractivity contribution in [2.24, 2.45) is 0 Å². The van der Waals surface area contributed by atoms with E-state index >= 15 is 0 Å². The lowest BCUT2D eigenvalue weighted by Gasteiger charge is -2.27. The van der Waals surface area contributed by atoms with Gasteiger partial charge in [0.15, 0.2) is 5.69 Å². The molecule has 2 atom stereocenters. The zero-order chi connectivity index (χ0) is 14.7. The molecule has 1 saturated heterocycles. The fourth-order valence-electron chi connectivity index (χ4n) is 2.46. The number of methoxy groups -OCH3 is 1. The third kappa shape index (κ3) is 3.23. The lowest BCUT2D eigenvalue weighted by atomic mass is 10.2. The maximum absolute atomic E-state index is 11.5. The maximum atomic E-state index is 11.5. The van der Waals surface area contributed by atoms with Crippen LogP contribution in [0.1, 0.15) is 16.9 Å². The van der Waals surface area contributed by atoms with E-state index in [1.165, 1.54) is 13.3 Å². The van der Waals surface area contributed by atoms with Crippen LogP contribution < -0.4 is 4.90 Å². The first-order chi connectivity index (χ1) is 9.51. The van der Waals surface area contributed by atoms with Crippen LogP contribution in [0.5, 0.6) is 0 Å². The number of carbonyl (C=O) groups is 1. The van der Waals surface area contributed by atoms with Gasteiger partial charge in [-0.1, -0.05) is 0 Å². The van der Waals surface area contributed by atoms with Gasteiger partial charge < -0.3 is 19.6 Å². The second kappa shape index (κ2) is 6.15. The van der Waals surface area contributed by atoms with E-state index in [2.05, 4.69) is 19.6 Å². The fourth-order valence-corrected chi connectivity index (χ4v) is 2.46. The smallest absolute Gasteiger partial charge is 0.358 e.